The van der Waals surface area contributed by atoms with Crippen LogP contribution in [0, 0.1) is 5.82 Å². The average molecular weight is 226 g/mol. The molecule has 1 aromatic heterocycles. The number of nitrogens with one attached hydrogen (secondary N) is 1. The summed E-state index contributed by atoms with van der Waals surface area (Å²) >= 11 is 0. The van der Waals surface area contributed by atoms with E-state index in [1.807, 2.05) is 6.92 Å². The predicted octanol–water partition coefficient (Wildman–Crippen LogP) is 2.03. The Kier molecular flexibility index (Phi) is 5.35. The quantitative estimate of drug-likeness (QED) is 0.780. The van der Waals surface area contributed by atoms with Crippen LogP contribution >= 0.6 is 0 Å². The van der Waals surface area contributed by atoms with Gasteiger partial charge in [-0.2, -0.15) is 0 Å². The SMILES string of the molecule is CCC(NCCC(C)O)c1ccc(F)cn1. The van der Waals surface area contributed by atoms with Crippen LogP contribution in [-0.4, -0.2) is 22.7 Å². The van der Waals surface area contributed by atoms with Gasteiger partial charge in [-0.25, -0.2) is 4.39 Å². The summed E-state index contributed by atoms with van der Waals surface area (Å²) in [5.41, 5.74) is 0.842. The van der Waals surface area contributed by atoms with Gasteiger partial charge in [0.2, 0.25) is 0 Å². The van der Waals surface area contributed by atoms with E-state index < -0.39 is 0 Å². The minimum absolute atomic E-state index is 0.124. The summed E-state index contributed by atoms with van der Waals surface area (Å²) < 4.78 is 12.7. The molecule has 1 rings (SSSR count). The fourth-order valence-corrected chi connectivity index (χ4v) is 1.52. The number of aromatic nitrogens is 1. The lowest BCUT2D eigenvalue weighted by Gasteiger charge is -2.16. The van der Waals surface area contributed by atoms with Gasteiger partial charge in [-0.05, 0) is 38.4 Å². The predicted molar refractivity (Wildman–Crippen MR) is 61.5 cm³/mol. The highest BCUT2D eigenvalue weighted by atomic mass is 19.1. The summed E-state index contributed by atoms with van der Waals surface area (Å²) in [4.78, 5) is 4.05. The van der Waals surface area contributed by atoms with Crippen molar-refractivity contribution in [2.24, 2.45) is 0 Å². The maximum atomic E-state index is 12.7. The number of pyridine rings is 1. The third-order valence-electron chi connectivity index (χ3n) is 2.47. The maximum Gasteiger partial charge on any atom is 0.141 e. The zero-order chi connectivity index (χ0) is 12.0. The molecule has 90 valence electrons. The van der Waals surface area contributed by atoms with Crippen LogP contribution in [0.4, 0.5) is 4.39 Å². The van der Waals surface area contributed by atoms with Crippen molar-refractivity contribution in [1.82, 2.24) is 10.3 Å². The van der Waals surface area contributed by atoms with Crippen molar-refractivity contribution < 1.29 is 9.50 Å². The Labute approximate surface area is 95.7 Å². The highest BCUT2D eigenvalue weighted by Crippen LogP contribution is 2.13. The smallest absolute Gasteiger partial charge is 0.141 e. The molecule has 4 heteroatoms. The molecule has 16 heavy (non-hydrogen) atoms. The normalized spacial score (nSPS) is 14.8. The fourth-order valence-electron chi connectivity index (χ4n) is 1.52. The summed E-state index contributed by atoms with van der Waals surface area (Å²) in [6, 6.07) is 3.24. The molecule has 1 aromatic rings. The minimum Gasteiger partial charge on any atom is -0.393 e. The summed E-state index contributed by atoms with van der Waals surface area (Å²) in [5.74, 6) is -0.317. The number of aliphatic hydroxyl groups is 1. The van der Waals surface area contributed by atoms with Crippen LogP contribution in [0.5, 0.6) is 0 Å². The molecule has 2 unspecified atom stereocenters. The van der Waals surface area contributed by atoms with Gasteiger partial charge in [0, 0.05) is 6.04 Å². The fraction of sp³-hybridized carbons (Fsp3) is 0.583. The van der Waals surface area contributed by atoms with E-state index in [1.54, 1.807) is 13.0 Å². The number of hydrogen-bond donors (Lipinski definition) is 2. The largest absolute Gasteiger partial charge is 0.393 e. The standard InChI is InChI=1S/C12H19FN2O/c1-3-11(14-7-6-9(2)16)12-5-4-10(13)8-15-12/h4-5,8-9,11,14,16H,3,6-7H2,1-2H3. The molecule has 3 nitrogen and oxygen atoms in total. The van der Waals surface area contributed by atoms with E-state index in [1.165, 1.54) is 12.3 Å². The molecular formula is C12H19FN2O. The molecule has 0 aliphatic carbocycles. The van der Waals surface area contributed by atoms with Crippen LogP contribution in [0.2, 0.25) is 0 Å². The van der Waals surface area contributed by atoms with Gasteiger partial charge < -0.3 is 10.4 Å². The van der Waals surface area contributed by atoms with Gasteiger partial charge in [0.15, 0.2) is 0 Å². The van der Waals surface area contributed by atoms with Crippen molar-refractivity contribution in [3.8, 4) is 0 Å². The van der Waals surface area contributed by atoms with Gasteiger partial charge in [-0.15, -0.1) is 0 Å². The van der Waals surface area contributed by atoms with Crippen molar-refractivity contribution in [3.63, 3.8) is 0 Å². The van der Waals surface area contributed by atoms with Crippen LogP contribution in [0.25, 0.3) is 0 Å². The molecule has 1 heterocycles. The molecule has 0 saturated carbocycles. The summed E-state index contributed by atoms with van der Waals surface area (Å²) in [6.45, 7) is 4.54. The highest BCUT2D eigenvalue weighted by molar-refractivity contribution is 5.09. The van der Waals surface area contributed by atoms with Gasteiger partial charge in [0.05, 0.1) is 18.0 Å². The number of halogens is 1. The van der Waals surface area contributed by atoms with Gasteiger partial charge in [-0.3, -0.25) is 4.98 Å². The molecule has 0 bridgehead atoms. The Morgan fingerprint density at radius 1 is 1.50 bits per heavy atom. The first-order valence-electron chi connectivity index (χ1n) is 5.66. The van der Waals surface area contributed by atoms with E-state index in [0.717, 1.165) is 18.7 Å². The lowest BCUT2D eigenvalue weighted by atomic mass is 10.1. The molecule has 2 N–H and O–H groups in total. The molecule has 0 aliphatic heterocycles. The maximum absolute atomic E-state index is 12.7. The molecule has 0 radical (unpaired) electrons. The zero-order valence-electron chi connectivity index (χ0n) is 9.78. The summed E-state index contributed by atoms with van der Waals surface area (Å²) in [7, 11) is 0. The molecule has 0 aliphatic rings. The number of aliphatic hydroxyl groups excluding tert-OH is 1. The molecule has 2 atom stereocenters. The second kappa shape index (κ2) is 6.55. The third kappa shape index (κ3) is 4.24. The summed E-state index contributed by atoms with van der Waals surface area (Å²) in [5, 5.41) is 12.4. The topological polar surface area (TPSA) is 45.1 Å². The zero-order valence-corrected chi connectivity index (χ0v) is 9.78. The molecule has 0 fully saturated rings. The first-order chi connectivity index (χ1) is 7.63. The number of nitrogens with zero attached hydrogens (tertiary/aromatic N) is 1. The molecular weight excluding hydrogens is 207 g/mol. The molecule has 0 aromatic carbocycles. The van der Waals surface area contributed by atoms with Crippen LogP contribution in [0.1, 0.15) is 38.4 Å². The molecule has 0 spiro atoms. The van der Waals surface area contributed by atoms with Gasteiger partial charge in [0.25, 0.3) is 0 Å². The van der Waals surface area contributed by atoms with Crippen molar-refractivity contribution in [1.29, 1.82) is 0 Å². The summed E-state index contributed by atoms with van der Waals surface area (Å²) in [6.07, 6.45) is 2.52. The van der Waals surface area contributed by atoms with Gasteiger partial charge in [0.1, 0.15) is 5.82 Å². The van der Waals surface area contributed by atoms with E-state index in [-0.39, 0.29) is 18.0 Å². The van der Waals surface area contributed by atoms with E-state index in [4.69, 9.17) is 5.11 Å². The van der Waals surface area contributed by atoms with Crippen LogP contribution in [0.15, 0.2) is 18.3 Å². The van der Waals surface area contributed by atoms with E-state index in [0.29, 0.717) is 6.42 Å². The van der Waals surface area contributed by atoms with E-state index >= 15 is 0 Å². The third-order valence-corrected chi connectivity index (χ3v) is 2.47. The van der Waals surface area contributed by atoms with Crippen LogP contribution < -0.4 is 5.32 Å². The minimum atomic E-state index is -0.317. The first kappa shape index (κ1) is 13.1. The highest BCUT2D eigenvalue weighted by Gasteiger charge is 2.10. The molecule has 0 amide bonds. The van der Waals surface area contributed by atoms with Gasteiger partial charge >= 0.3 is 0 Å². The Morgan fingerprint density at radius 3 is 2.75 bits per heavy atom. The van der Waals surface area contributed by atoms with E-state index in [9.17, 15) is 4.39 Å². The molecule has 0 saturated heterocycles. The van der Waals surface area contributed by atoms with Crippen molar-refractivity contribution in [2.45, 2.75) is 38.8 Å². The monoisotopic (exact) mass is 226 g/mol. The lowest BCUT2D eigenvalue weighted by Crippen LogP contribution is -2.24. The Bertz CT molecular complexity index is 300. The second-order valence-corrected chi connectivity index (χ2v) is 3.95. The van der Waals surface area contributed by atoms with E-state index in [2.05, 4.69) is 10.3 Å². The second-order valence-electron chi connectivity index (χ2n) is 3.95. The van der Waals surface area contributed by atoms with Gasteiger partial charge in [-0.1, -0.05) is 6.92 Å². The van der Waals surface area contributed by atoms with Crippen molar-refractivity contribution in [3.05, 3.63) is 29.8 Å². The Balaban J connectivity index is 2.50. The average Bonchev–Trinajstić information content (AvgIpc) is 2.26. The lowest BCUT2D eigenvalue weighted by molar-refractivity contribution is 0.182. The Hall–Kier alpha value is -1.00. The number of rotatable bonds is 6. The first-order valence-corrected chi connectivity index (χ1v) is 5.66. The van der Waals surface area contributed by atoms with Crippen molar-refractivity contribution in [2.75, 3.05) is 6.54 Å². The van der Waals surface area contributed by atoms with Crippen molar-refractivity contribution >= 4 is 0 Å². The number of hydrogen-bond acceptors (Lipinski definition) is 3. The van der Waals surface area contributed by atoms with Crippen LogP contribution in [-0.2, 0) is 0 Å². The Morgan fingerprint density at radius 2 is 2.25 bits per heavy atom. The van der Waals surface area contributed by atoms with Crippen LogP contribution in [0.3, 0.4) is 0 Å².